The van der Waals surface area contributed by atoms with Crippen molar-refractivity contribution in [2.45, 2.75) is 45.1 Å². The van der Waals surface area contributed by atoms with Gasteiger partial charge in [-0.05, 0) is 47.9 Å². The summed E-state index contributed by atoms with van der Waals surface area (Å²) in [5.41, 5.74) is 8.48. The van der Waals surface area contributed by atoms with Gasteiger partial charge in [-0.15, -0.1) is 0 Å². The lowest BCUT2D eigenvalue weighted by molar-refractivity contribution is -0.158. The van der Waals surface area contributed by atoms with Gasteiger partial charge in [0.05, 0.1) is 13.1 Å². The number of hydrogen-bond donors (Lipinski definition) is 2. The molecule has 0 spiro atoms. The highest BCUT2D eigenvalue weighted by atomic mass is 16.2. The molecule has 2 saturated heterocycles. The summed E-state index contributed by atoms with van der Waals surface area (Å²) in [4.78, 5) is 43.8. The third-order valence-electron chi connectivity index (χ3n) is 7.40. The highest BCUT2D eigenvalue weighted by molar-refractivity contribution is 5.92. The summed E-state index contributed by atoms with van der Waals surface area (Å²) in [7, 11) is 1.58. The monoisotopic (exact) mass is 514 g/mol. The highest BCUT2D eigenvalue weighted by Crippen LogP contribution is 2.31. The van der Waals surface area contributed by atoms with Gasteiger partial charge in [0.2, 0.25) is 11.8 Å². The summed E-state index contributed by atoms with van der Waals surface area (Å²) >= 11 is 0. The lowest BCUT2D eigenvalue weighted by Crippen LogP contribution is -2.66. The quantitative estimate of drug-likeness (QED) is 0.493. The standard InChI is InChI=1S/C29H34N6O3/c1-19(2)35(29(38)31-3)33-18-27(36)34-25(15-20-11-13-23(30)14-12-20)28(37)32(17-26(33)34)16-22-9-6-8-21-7-4-5-10-24(21)22/h4-14,19,25-26H,15-18,30H2,1-3H3,(H,31,38)/t25-,26+/m0/s1. The molecule has 0 aromatic heterocycles. The molecule has 9 nitrogen and oxygen atoms in total. The predicted molar refractivity (Wildman–Crippen MR) is 146 cm³/mol. The minimum Gasteiger partial charge on any atom is -0.399 e. The van der Waals surface area contributed by atoms with Crippen LogP contribution in [0.2, 0.25) is 0 Å². The summed E-state index contributed by atoms with van der Waals surface area (Å²) in [5.74, 6) is -0.264. The second-order valence-corrected chi connectivity index (χ2v) is 10.2. The number of benzene rings is 3. The van der Waals surface area contributed by atoms with E-state index in [4.69, 9.17) is 5.73 Å². The molecule has 2 atom stereocenters. The van der Waals surface area contributed by atoms with E-state index in [-0.39, 0.29) is 30.4 Å². The fourth-order valence-electron chi connectivity index (χ4n) is 5.64. The van der Waals surface area contributed by atoms with E-state index in [1.165, 1.54) is 0 Å². The van der Waals surface area contributed by atoms with E-state index in [0.717, 1.165) is 21.9 Å². The molecular weight excluding hydrogens is 480 g/mol. The van der Waals surface area contributed by atoms with Gasteiger partial charge >= 0.3 is 6.03 Å². The number of nitrogens with zero attached hydrogens (tertiary/aromatic N) is 4. The van der Waals surface area contributed by atoms with Crippen molar-refractivity contribution in [3.63, 3.8) is 0 Å². The molecule has 5 rings (SSSR count). The number of carbonyl (C=O) groups is 3. The molecule has 0 saturated carbocycles. The van der Waals surface area contributed by atoms with Crippen molar-refractivity contribution in [2.24, 2.45) is 0 Å². The van der Waals surface area contributed by atoms with E-state index >= 15 is 0 Å². The Labute approximate surface area is 222 Å². The summed E-state index contributed by atoms with van der Waals surface area (Å²) < 4.78 is 0. The van der Waals surface area contributed by atoms with E-state index < -0.39 is 12.2 Å². The molecule has 0 aliphatic carbocycles. The van der Waals surface area contributed by atoms with Crippen molar-refractivity contribution in [3.8, 4) is 0 Å². The van der Waals surface area contributed by atoms with Crippen LogP contribution in [-0.2, 0) is 22.6 Å². The maximum atomic E-state index is 14.0. The van der Waals surface area contributed by atoms with E-state index in [0.29, 0.717) is 25.2 Å². The summed E-state index contributed by atoms with van der Waals surface area (Å²) in [6, 6.07) is 20.5. The average molecular weight is 515 g/mol. The molecule has 2 fully saturated rings. The Morgan fingerprint density at radius 1 is 1.05 bits per heavy atom. The number of fused-ring (bicyclic) bond motifs is 2. The zero-order chi connectivity index (χ0) is 27.0. The molecule has 3 aromatic carbocycles. The Morgan fingerprint density at radius 2 is 1.76 bits per heavy atom. The largest absolute Gasteiger partial charge is 0.399 e. The van der Waals surface area contributed by atoms with Crippen molar-refractivity contribution >= 4 is 34.3 Å². The molecule has 0 radical (unpaired) electrons. The Kier molecular flexibility index (Phi) is 6.94. The Hall–Kier alpha value is -4.11. The van der Waals surface area contributed by atoms with Gasteiger partial charge < -0.3 is 20.9 Å². The van der Waals surface area contributed by atoms with E-state index in [1.54, 1.807) is 29.1 Å². The van der Waals surface area contributed by atoms with E-state index in [9.17, 15) is 14.4 Å². The normalized spacial score (nSPS) is 19.8. The van der Waals surface area contributed by atoms with Crippen LogP contribution in [0.25, 0.3) is 10.8 Å². The van der Waals surface area contributed by atoms with Gasteiger partial charge in [-0.2, -0.15) is 5.01 Å². The number of anilines is 1. The van der Waals surface area contributed by atoms with Gasteiger partial charge in [-0.1, -0.05) is 54.6 Å². The van der Waals surface area contributed by atoms with Crippen LogP contribution in [0.1, 0.15) is 25.0 Å². The molecule has 2 heterocycles. The first-order valence-electron chi connectivity index (χ1n) is 13.0. The summed E-state index contributed by atoms with van der Waals surface area (Å²) in [6.07, 6.45) is -0.100. The number of nitrogens with two attached hydrogens (primary N) is 1. The third-order valence-corrected chi connectivity index (χ3v) is 7.40. The number of amides is 4. The molecule has 0 unspecified atom stereocenters. The number of urea groups is 1. The van der Waals surface area contributed by atoms with Crippen LogP contribution in [0, 0.1) is 0 Å². The lowest BCUT2D eigenvalue weighted by atomic mass is 9.99. The fraction of sp³-hybridized carbons (Fsp3) is 0.345. The molecule has 9 heteroatoms. The van der Waals surface area contributed by atoms with Crippen molar-refractivity contribution in [1.82, 2.24) is 25.1 Å². The predicted octanol–water partition coefficient (Wildman–Crippen LogP) is 2.81. The minimum absolute atomic E-state index is 0.0316. The SMILES string of the molecule is CNC(=O)N(C(C)C)N1CC(=O)N2[C@@H](Cc3ccc(N)cc3)C(=O)N(Cc3cccc4ccccc34)C[C@@H]21. The maximum absolute atomic E-state index is 14.0. The van der Waals surface area contributed by atoms with Crippen LogP contribution >= 0.6 is 0 Å². The van der Waals surface area contributed by atoms with Gasteiger partial charge in [0.15, 0.2) is 0 Å². The number of piperazine rings is 1. The molecular formula is C29H34N6O3. The van der Waals surface area contributed by atoms with Crippen LogP contribution < -0.4 is 11.1 Å². The van der Waals surface area contributed by atoms with Crippen LogP contribution in [0.4, 0.5) is 10.5 Å². The van der Waals surface area contributed by atoms with Crippen molar-refractivity contribution in [2.75, 3.05) is 25.9 Å². The zero-order valence-electron chi connectivity index (χ0n) is 22.0. The minimum atomic E-state index is -0.691. The highest BCUT2D eigenvalue weighted by Gasteiger charge is 2.52. The van der Waals surface area contributed by atoms with E-state index in [1.807, 2.05) is 60.2 Å². The first kappa shape index (κ1) is 25.5. The molecule has 3 N–H and O–H groups in total. The number of carbonyl (C=O) groups excluding carboxylic acids is 3. The third kappa shape index (κ3) is 4.65. The fourth-order valence-corrected chi connectivity index (χ4v) is 5.64. The van der Waals surface area contributed by atoms with Crippen LogP contribution in [0.3, 0.4) is 0 Å². The van der Waals surface area contributed by atoms with Gasteiger partial charge in [0.1, 0.15) is 12.2 Å². The molecule has 2 aliphatic rings. The Balaban J connectivity index is 1.53. The molecule has 3 aromatic rings. The first-order valence-corrected chi connectivity index (χ1v) is 13.0. The lowest BCUT2D eigenvalue weighted by Gasteiger charge is -2.47. The number of hydrogen-bond acceptors (Lipinski definition) is 5. The Bertz CT molecular complexity index is 1350. The first-order chi connectivity index (χ1) is 18.3. The molecule has 2 aliphatic heterocycles. The van der Waals surface area contributed by atoms with Crippen molar-refractivity contribution < 1.29 is 14.4 Å². The maximum Gasteiger partial charge on any atom is 0.331 e. The second kappa shape index (κ2) is 10.3. The van der Waals surface area contributed by atoms with Gasteiger partial charge in [0, 0.05) is 31.7 Å². The summed E-state index contributed by atoms with van der Waals surface area (Å²) in [6.45, 7) is 4.56. The van der Waals surface area contributed by atoms with Crippen LogP contribution in [0.15, 0.2) is 66.7 Å². The number of hydrazine groups is 1. The molecule has 0 bridgehead atoms. The number of rotatable bonds is 6. The topological polar surface area (TPSA) is 102 Å². The number of nitrogen functional groups attached to an aromatic ring is 1. The van der Waals surface area contributed by atoms with Crippen molar-refractivity contribution in [3.05, 3.63) is 77.9 Å². The second-order valence-electron chi connectivity index (χ2n) is 10.2. The van der Waals surface area contributed by atoms with Crippen LogP contribution in [-0.4, -0.2) is 76.0 Å². The summed E-state index contributed by atoms with van der Waals surface area (Å²) in [5, 5.41) is 8.30. The zero-order valence-corrected chi connectivity index (χ0v) is 22.0. The number of nitrogens with one attached hydrogen (secondary N) is 1. The van der Waals surface area contributed by atoms with Gasteiger partial charge in [-0.25, -0.2) is 4.79 Å². The smallest absolute Gasteiger partial charge is 0.331 e. The molecule has 38 heavy (non-hydrogen) atoms. The van der Waals surface area contributed by atoms with E-state index in [2.05, 4.69) is 23.5 Å². The van der Waals surface area contributed by atoms with Gasteiger partial charge in [-0.3, -0.25) is 14.6 Å². The van der Waals surface area contributed by atoms with Crippen LogP contribution in [0.5, 0.6) is 0 Å². The molecule has 4 amide bonds. The van der Waals surface area contributed by atoms with Crippen molar-refractivity contribution in [1.29, 1.82) is 0 Å². The average Bonchev–Trinajstić information content (AvgIpc) is 3.22. The van der Waals surface area contributed by atoms with Gasteiger partial charge in [0.25, 0.3) is 0 Å². The molecule has 198 valence electrons. The Morgan fingerprint density at radius 3 is 2.47 bits per heavy atom.